The van der Waals surface area contributed by atoms with Crippen LogP contribution in [-0.2, 0) is 14.3 Å². The zero-order valence-corrected chi connectivity index (χ0v) is 12.2. The Balaban J connectivity index is 2.50. The third kappa shape index (κ3) is 6.24. The van der Waals surface area contributed by atoms with Gasteiger partial charge in [-0.25, -0.2) is 4.79 Å². The molecule has 0 bridgehead atoms. The van der Waals surface area contributed by atoms with Crippen LogP contribution in [0.2, 0.25) is 0 Å². The third-order valence-electron chi connectivity index (χ3n) is 2.64. The molecular formula is C14H21N3O4. The lowest BCUT2D eigenvalue weighted by Crippen LogP contribution is -2.36. The number of hydrogen-bond acceptors (Lipinski definition) is 5. The molecule has 116 valence electrons. The van der Waals surface area contributed by atoms with Crippen molar-refractivity contribution in [2.45, 2.75) is 19.4 Å². The standard InChI is InChI=1S/C14H21N3O4/c1-3-21-14(19)17-11-6-4-10(5-7-11)16-13(18)12(15)8-9-20-2/h4-7,12H,3,8-9,15H2,1-2H3,(H,16,18)(H,17,19). The molecule has 0 saturated carbocycles. The molecule has 21 heavy (non-hydrogen) atoms. The van der Waals surface area contributed by atoms with Gasteiger partial charge in [0.15, 0.2) is 0 Å². The zero-order chi connectivity index (χ0) is 15.7. The van der Waals surface area contributed by atoms with E-state index in [1.165, 1.54) is 0 Å². The van der Waals surface area contributed by atoms with Crippen LogP contribution in [0.1, 0.15) is 13.3 Å². The van der Waals surface area contributed by atoms with Gasteiger partial charge in [0, 0.05) is 25.1 Å². The smallest absolute Gasteiger partial charge is 0.411 e. The normalized spacial score (nSPS) is 11.6. The second-order valence-electron chi connectivity index (χ2n) is 4.30. The van der Waals surface area contributed by atoms with Gasteiger partial charge in [0.05, 0.1) is 12.6 Å². The number of methoxy groups -OCH3 is 1. The van der Waals surface area contributed by atoms with Gasteiger partial charge < -0.3 is 20.5 Å². The minimum atomic E-state index is -0.623. The molecule has 7 heteroatoms. The predicted molar refractivity (Wildman–Crippen MR) is 80.2 cm³/mol. The van der Waals surface area contributed by atoms with Gasteiger partial charge in [0.25, 0.3) is 0 Å². The summed E-state index contributed by atoms with van der Waals surface area (Å²) in [4.78, 5) is 23.0. The average molecular weight is 295 g/mol. The second kappa shape index (κ2) is 8.93. The van der Waals surface area contributed by atoms with Crippen LogP contribution in [0.15, 0.2) is 24.3 Å². The summed E-state index contributed by atoms with van der Waals surface area (Å²) in [5, 5.41) is 5.25. The van der Waals surface area contributed by atoms with E-state index in [0.717, 1.165) is 0 Å². The number of anilines is 2. The zero-order valence-electron chi connectivity index (χ0n) is 12.2. The van der Waals surface area contributed by atoms with E-state index in [1.54, 1.807) is 38.3 Å². The molecule has 7 nitrogen and oxygen atoms in total. The Morgan fingerprint density at radius 1 is 1.19 bits per heavy atom. The van der Waals surface area contributed by atoms with Gasteiger partial charge >= 0.3 is 6.09 Å². The van der Waals surface area contributed by atoms with E-state index in [4.69, 9.17) is 15.2 Å². The maximum atomic E-state index is 11.8. The van der Waals surface area contributed by atoms with Crippen molar-refractivity contribution >= 4 is 23.4 Å². The van der Waals surface area contributed by atoms with E-state index in [0.29, 0.717) is 31.0 Å². The molecule has 0 radical (unpaired) electrons. The third-order valence-corrected chi connectivity index (χ3v) is 2.64. The molecule has 0 fully saturated rings. The van der Waals surface area contributed by atoms with Crippen molar-refractivity contribution in [3.05, 3.63) is 24.3 Å². The van der Waals surface area contributed by atoms with Crippen LogP contribution in [0.4, 0.5) is 16.2 Å². The lowest BCUT2D eigenvalue weighted by atomic mass is 10.2. The van der Waals surface area contributed by atoms with E-state index in [2.05, 4.69) is 10.6 Å². The Kier molecular flexibility index (Phi) is 7.20. The van der Waals surface area contributed by atoms with Gasteiger partial charge in [-0.3, -0.25) is 10.1 Å². The SMILES string of the molecule is CCOC(=O)Nc1ccc(NC(=O)C(N)CCOC)cc1. The van der Waals surface area contributed by atoms with Crippen LogP contribution >= 0.6 is 0 Å². The summed E-state index contributed by atoms with van der Waals surface area (Å²) >= 11 is 0. The predicted octanol–water partition coefficient (Wildman–Crippen LogP) is 1.56. The van der Waals surface area contributed by atoms with Crippen molar-refractivity contribution in [2.24, 2.45) is 5.73 Å². The van der Waals surface area contributed by atoms with Crippen LogP contribution in [0, 0.1) is 0 Å². The molecule has 1 rings (SSSR count). The van der Waals surface area contributed by atoms with E-state index in [1.807, 2.05) is 0 Å². The Morgan fingerprint density at radius 3 is 2.29 bits per heavy atom. The van der Waals surface area contributed by atoms with Gasteiger partial charge in [-0.05, 0) is 37.6 Å². The topological polar surface area (TPSA) is 103 Å². The van der Waals surface area contributed by atoms with Gasteiger partial charge in [-0.15, -0.1) is 0 Å². The Hall–Kier alpha value is -2.12. The van der Waals surface area contributed by atoms with Gasteiger partial charge in [-0.2, -0.15) is 0 Å². The molecule has 1 unspecified atom stereocenters. The van der Waals surface area contributed by atoms with E-state index >= 15 is 0 Å². The van der Waals surface area contributed by atoms with Gasteiger partial charge in [0.2, 0.25) is 5.91 Å². The fourth-order valence-electron chi connectivity index (χ4n) is 1.53. The molecule has 0 spiro atoms. The number of carbonyl (C=O) groups is 2. The fourth-order valence-corrected chi connectivity index (χ4v) is 1.53. The van der Waals surface area contributed by atoms with E-state index < -0.39 is 12.1 Å². The molecule has 1 aromatic rings. The Bertz CT molecular complexity index is 462. The van der Waals surface area contributed by atoms with Crippen molar-refractivity contribution < 1.29 is 19.1 Å². The average Bonchev–Trinajstić information content (AvgIpc) is 2.47. The summed E-state index contributed by atoms with van der Waals surface area (Å²) in [5.41, 5.74) is 6.89. The summed E-state index contributed by atoms with van der Waals surface area (Å²) in [6.45, 7) is 2.46. The van der Waals surface area contributed by atoms with E-state index in [-0.39, 0.29) is 5.91 Å². The number of rotatable bonds is 7. The number of hydrogen-bond donors (Lipinski definition) is 3. The van der Waals surface area contributed by atoms with Crippen molar-refractivity contribution in [1.82, 2.24) is 0 Å². The lowest BCUT2D eigenvalue weighted by Gasteiger charge is -2.12. The first-order valence-corrected chi connectivity index (χ1v) is 6.66. The molecule has 0 aromatic heterocycles. The number of nitrogens with one attached hydrogen (secondary N) is 2. The summed E-state index contributed by atoms with van der Waals surface area (Å²) < 4.78 is 9.63. The number of benzene rings is 1. The van der Waals surface area contributed by atoms with E-state index in [9.17, 15) is 9.59 Å². The Morgan fingerprint density at radius 2 is 1.76 bits per heavy atom. The number of carbonyl (C=O) groups excluding carboxylic acids is 2. The highest BCUT2D eigenvalue weighted by Crippen LogP contribution is 2.14. The van der Waals surface area contributed by atoms with Gasteiger partial charge in [0.1, 0.15) is 0 Å². The fraction of sp³-hybridized carbons (Fsp3) is 0.429. The summed E-state index contributed by atoms with van der Waals surface area (Å²) in [6, 6.07) is 6.04. The Labute approximate surface area is 123 Å². The molecule has 1 aromatic carbocycles. The largest absolute Gasteiger partial charge is 0.450 e. The summed E-state index contributed by atoms with van der Waals surface area (Å²) in [7, 11) is 1.56. The molecule has 0 aliphatic heterocycles. The molecule has 0 aliphatic rings. The second-order valence-corrected chi connectivity index (χ2v) is 4.30. The van der Waals surface area contributed by atoms with Crippen molar-refractivity contribution in [3.8, 4) is 0 Å². The molecular weight excluding hydrogens is 274 g/mol. The molecule has 1 atom stereocenters. The van der Waals surface area contributed by atoms with Crippen molar-refractivity contribution in [2.75, 3.05) is 31.0 Å². The first-order valence-electron chi connectivity index (χ1n) is 6.66. The molecule has 0 saturated heterocycles. The van der Waals surface area contributed by atoms with Crippen molar-refractivity contribution in [3.63, 3.8) is 0 Å². The quantitative estimate of drug-likeness (QED) is 0.708. The number of amides is 2. The molecule has 0 heterocycles. The number of ether oxygens (including phenoxy) is 2. The minimum Gasteiger partial charge on any atom is -0.450 e. The lowest BCUT2D eigenvalue weighted by molar-refractivity contribution is -0.117. The van der Waals surface area contributed by atoms with Crippen molar-refractivity contribution in [1.29, 1.82) is 0 Å². The monoisotopic (exact) mass is 295 g/mol. The molecule has 4 N–H and O–H groups in total. The highest BCUT2D eigenvalue weighted by molar-refractivity contribution is 5.95. The van der Waals surface area contributed by atoms with Crippen LogP contribution in [0.25, 0.3) is 0 Å². The summed E-state index contributed by atoms with van der Waals surface area (Å²) in [6.07, 6.45) is -0.0685. The van der Waals surface area contributed by atoms with Gasteiger partial charge in [-0.1, -0.05) is 0 Å². The maximum absolute atomic E-state index is 11.8. The van der Waals surface area contributed by atoms with Crippen LogP contribution in [-0.4, -0.2) is 38.4 Å². The van der Waals surface area contributed by atoms with Crippen LogP contribution < -0.4 is 16.4 Å². The minimum absolute atomic E-state index is 0.279. The highest BCUT2D eigenvalue weighted by Gasteiger charge is 2.13. The molecule has 2 amide bonds. The summed E-state index contributed by atoms with van der Waals surface area (Å²) in [5.74, 6) is -0.279. The maximum Gasteiger partial charge on any atom is 0.411 e. The first-order chi connectivity index (χ1) is 10.1. The molecule has 0 aliphatic carbocycles. The first kappa shape index (κ1) is 16.9. The number of nitrogens with two attached hydrogens (primary N) is 1. The highest BCUT2D eigenvalue weighted by atomic mass is 16.5. The van der Waals surface area contributed by atoms with Crippen LogP contribution in [0.5, 0.6) is 0 Å². The van der Waals surface area contributed by atoms with Crippen LogP contribution in [0.3, 0.4) is 0 Å².